The SMILES string of the molecule is C=CCN(Cc1ccc(C#N)cc1)C(=O)COc1ccc(F)c(Cl)c1. The number of hydrogen-bond donors (Lipinski definition) is 0. The highest BCUT2D eigenvalue weighted by molar-refractivity contribution is 6.30. The molecule has 1 amide bonds. The van der Waals surface area contributed by atoms with Crippen molar-refractivity contribution in [3.05, 3.63) is 77.1 Å². The van der Waals surface area contributed by atoms with E-state index >= 15 is 0 Å². The standard InChI is InChI=1S/C19H16ClFN2O2/c1-2-9-23(12-15-5-3-14(11-22)4-6-15)19(24)13-25-16-7-8-18(21)17(20)10-16/h2-8,10H,1,9,12-13H2. The summed E-state index contributed by atoms with van der Waals surface area (Å²) in [4.78, 5) is 13.9. The van der Waals surface area contributed by atoms with Crippen LogP contribution in [0.5, 0.6) is 5.75 Å². The number of halogens is 2. The van der Waals surface area contributed by atoms with E-state index < -0.39 is 5.82 Å². The Bertz CT molecular complexity index is 800. The molecule has 2 rings (SSSR count). The molecule has 0 radical (unpaired) electrons. The van der Waals surface area contributed by atoms with Gasteiger partial charge in [0, 0.05) is 19.2 Å². The smallest absolute Gasteiger partial charge is 0.261 e. The lowest BCUT2D eigenvalue weighted by Crippen LogP contribution is -2.34. The van der Waals surface area contributed by atoms with Gasteiger partial charge < -0.3 is 9.64 Å². The van der Waals surface area contributed by atoms with E-state index in [4.69, 9.17) is 21.6 Å². The maximum atomic E-state index is 13.1. The number of amides is 1. The number of benzene rings is 2. The Kier molecular flexibility index (Phi) is 6.55. The monoisotopic (exact) mass is 358 g/mol. The van der Waals surface area contributed by atoms with Gasteiger partial charge >= 0.3 is 0 Å². The minimum atomic E-state index is -0.547. The summed E-state index contributed by atoms with van der Waals surface area (Å²) in [5.41, 5.74) is 1.45. The Balaban J connectivity index is 2.00. The van der Waals surface area contributed by atoms with Gasteiger partial charge in [0.05, 0.1) is 16.7 Å². The molecular weight excluding hydrogens is 343 g/mol. The molecule has 0 atom stereocenters. The van der Waals surface area contributed by atoms with Crippen LogP contribution in [0.4, 0.5) is 4.39 Å². The first-order chi connectivity index (χ1) is 12.0. The molecular formula is C19H16ClFN2O2. The first-order valence-corrected chi connectivity index (χ1v) is 7.87. The van der Waals surface area contributed by atoms with Crippen molar-refractivity contribution in [2.45, 2.75) is 6.54 Å². The van der Waals surface area contributed by atoms with Gasteiger partial charge in [0.25, 0.3) is 5.91 Å². The summed E-state index contributed by atoms with van der Waals surface area (Å²) >= 11 is 5.69. The van der Waals surface area contributed by atoms with Crippen molar-refractivity contribution < 1.29 is 13.9 Å². The van der Waals surface area contributed by atoms with Crippen LogP contribution >= 0.6 is 11.6 Å². The molecule has 0 spiro atoms. The Morgan fingerprint density at radius 2 is 2.04 bits per heavy atom. The van der Waals surface area contributed by atoms with Crippen LogP contribution < -0.4 is 4.74 Å². The molecule has 4 nitrogen and oxygen atoms in total. The second-order valence-corrected chi connectivity index (χ2v) is 5.64. The summed E-state index contributed by atoms with van der Waals surface area (Å²) in [6.45, 7) is 4.17. The van der Waals surface area contributed by atoms with Gasteiger partial charge in [0.1, 0.15) is 11.6 Å². The zero-order valence-electron chi connectivity index (χ0n) is 13.4. The highest BCUT2D eigenvalue weighted by atomic mass is 35.5. The highest BCUT2D eigenvalue weighted by Gasteiger charge is 2.14. The summed E-state index contributed by atoms with van der Waals surface area (Å²) in [7, 11) is 0. The average molecular weight is 359 g/mol. The summed E-state index contributed by atoms with van der Waals surface area (Å²) in [5.74, 6) is -0.476. The van der Waals surface area contributed by atoms with E-state index in [9.17, 15) is 9.18 Å². The van der Waals surface area contributed by atoms with E-state index in [0.29, 0.717) is 24.4 Å². The quantitative estimate of drug-likeness (QED) is 0.704. The summed E-state index contributed by atoms with van der Waals surface area (Å²) in [6.07, 6.45) is 1.62. The molecule has 0 bridgehead atoms. The highest BCUT2D eigenvalue weighted by Crippen LogP contribution is 2.21. The molecule has 0 aromatic heterocycles. The van der Waals surface area contributed by atoms with Crippen LogP contribution in [0, 0.1) is 17.1 Å². The van der Waals surface area contributed by atoms with Gasteiger partial charge in [0.2, 0.25) is 0 Å². The zero-order valence-corrected chi connectivity index (χ0v) is 14.2. The van der Waals surface area contributed by atoms with Crippen molar-refractivity contribution in [1.29, 1.82) is 5.26 Å². The van der Waals surface area contributed by atoms with E-state index in [0.717, 1.165) is 5.56 Å². The van der Waals surface area contributed by atoms with Crippen LogP contribution in [0.2, 0.25) is 5.02 Å². The van der Waals surface area contributed by atoms with Crippen LogP contribution in [-0.2, 0) is 11.3 Å². The fourth-order valence-electron chi connectivity index (χ4n) is 2.12. The molecule has 0 saturated heterocycles. The van der Waals surface area contributed by atoms with Gasteiger partial charge in [-0.1, -0.05) is 29.8 Å². The summed E-state index contributed by atoms with van der Waals surface area (Å²) in [6, 6.07) is 12.9. The van der Waals surface area contributed by atoms with Crippen molar-refractivity contribution in [2.75, 3.05) is 13.2 Å². The Labute approximate surface area is 150 Å². The molecule has 25 heavy (non-hydrogen) atoms. The van der Waals surface area contributed by atoms with Gasteiger partial charge in [-0.3, -0.25) is 4.79 Å². The maximum absolute atomic E-state index is 13.1. The largest absolute Gasteiger partial charge is 0.484 e. The first-order valence-electron chi connectivity index (χ1n) is 7.49. The van der Waals surface area contributed by atoms with E-state index in [1.807, 2.05) is 6.07 Å². The van der Waals surface area contributed by atoms with Gasteiger partial charge in [-0.05, 0) is 29.8 Å². The Morgan fingerprint density at radius 1 is 1.32 bits per heavy atom. The molecule has 0 aliphatic rings. The lowest BCUT2D eigenvalue weighted by atomic mass is 10.1. The fourth-order valence-corrected chi connectivity index (χ4v) is 2.29. The molecule has 0 aliphatic heterocycles. The third-order valence-corrected chi connectivity index (χ3v) is 3.70. The van der Waals surface area contributed by atoms with E-state index in [1.54, 1.807) is 35.2 Å². The van der Waals surface area contributed by atoms with E-state index in [2.05, 4.69) is 6.58 Å². The zero-order chi connectivity index (χ0) is 18.2. The van der Waals surface area contributed by atoms with Crippen LogP contribution in [0.25, 0.3) is 0 Å². The number of carbonyl (C=O) groups excluding carboxylic acids is 1. The molecule has 0 aliphatic carbocycles. The minimum absolute atomic E-state index is 0.0644. The Hall–Kier alpha value is -2.84. The average Bonchev–Trinajstić information content (AvgIpc) is 2.62. The molecule has 0 saturated carbocycles. The number of rotatable bonds is 7. The molecule has 128 valence electrons. The number of carbonyl (C=O) groups is 1. The lowest BCUT2D eigenvalue weighted by molar-refractivity contribution is -0.133. The second-order valence-electron chi connectivity index (χ2n) is 5.24. The summed E-state index contributed by atoms with van der Waals surface area (Å²) < 4.78 is 18.5. The second kappa shape index (κ2) is 8.86. The van der Waals surface area contributed by atoms with Gasteiger partial charge in [-0.2, -0.15) is 5.26 Å². The maximum Gasteiger partial charge on any atom is 0.261 e. The van der Waals surface area contributed by atoms with Gasteiger partial charge in [-0.15, -0.1) is 6.58 Å². The van der Waals surface area contributed by atoms with Gasteiger partial charge in [0.15, 0.2) is 6.61 Å². The van der Waals surface area contributed by atoms with Crippen LogP contribution in [0.15, 0.2) is 55.1 Å². The summed E-state index contributed by atoms with van der Waals surface area (Å²) in [5, 5.41) is 8.76. The molecule has 0 heterocycles. The molecule has 0 N–H and O–H groups in total. The van der Waals surface area contributed by atoms with Crippen molar-refractivity contribution in [1.82, 2.24) is 4.90 Å². The molecule has 0 unspecified atom stereocenters. The molecule has 2 aromatic carbocycles. The molecule has 0 fully saturated rings. The Morgan fingerprint density at radius 3 is 2.64 bits per heavy atom. The molecule has 2 aromatic rings. The predicted octanol–water partition coefficient (Wildman–Crippen LogP) is 3.94. The number of hydrogen-bond acceptors (Lipinski definition) is 3. The number of nitriles is 1. The predicted molar refractivity (Wildman–Crippen MR) is 93.7 cm³/mol. The van der Waals surface area contributed by atoms with Crippen molar-refractivity contribution >= 4 is 17.5 Å². The van der Waals surface area contributed by atoms with Crippen molar-refractivity contribution in [3.63, 3.8) is 0 Å². The van der Waals surface area contributed by atoms with E-state index in [-0.39, 0.29) is 17.5 Å². The van der Waals surface area contributed by atoms with Crippen molar-refractivity contribution in [3.8, 4) is 11.8 Å². The minimum Gasteiger partial charge on any atom is -0.484 e. The normalized spacial score (nSPS) is 9.96. The van der Waals surface area contributed by atoms with Crippen LogP contribution in [0.3, 0.4) is 0 Å². The third kappa shape index (κ3) is 5.33. The van der Waals surface area contributed by atoms with Gasteiger partial charge in [-0.25, -0.2) is 4.39 Å². The first kappa shape index (κ1) is 18.5. The lowest BCUT2D eigenvalue weighted by Gasteiger charge is -2.21. The third-order valence-electron chi connectivity index (χ3n) is 3.41. The van der Waals surface area contributed by atoms with E-state index in [1.165, 1.54) is 18.2 Å². The number of ether oxygens (including phenoxy) is 1. The molecule has 6 heteroatoms. The fraction of sp³-hybridized carbons (Fsp3) is 0.158. The van der Waals surface area contributed by atoms with Crippen LogP contribution in [-0.4, -0.2) is 24.0 Å². The van der Waals surface area contributed by atoms with Crippen molar-refractivity contribution in [2.24, 2.45) is 0 Å². The van der Waals surface area contributed by atoms with Crippen LogP contribution in [0.1, 0.15) is 11.1 Å². The number of nitrogens with zero attached hydrogens (tertiary/aromatic N) is 2. The topological polar surface area (TPSA) is 53.3 Å².